The van der Waals surface area contributed by atoms with E-state index in [1.807, 2.05) is 25.8 Å². The first kappa shape index (κ1) is 12.5. The van der Waals surface area contributed by atoms with Gasteiger partial charge in [-0.15, -0.1) is 0 Å². The van der Waals surface area contributed by atoms with E-state index in [4.69, 9.17) is 0 Å². The lowest BCUT2D eigenvalue weighted by Gasteiger charge is -2.32. The highest BCUT2D eigenvalue weighted by Crippen LogP contribution is 2.14. The number of carbonyl (C=O) groups excluding carboxylic acids is 1. The Bertz CT molecular complexity index is 206. The van der Waals surface area contributed by atoms with E-state index in [9.17, 15) is 4.79 Å². The van der Waals surface area contributed by atoms with Gasteiger partial charge in [0.2, 0.25) is 5.91 Å². The van der Waals surface area contributed by atoms with Gasteiger partial charge in [0.15, 0.2) is 0 Å². The van der Waals surface area contributed by atoms with Crippen molar-refractivity contribution in [1.82, 2.24) is 10.2 Å². The summed E-state index contributed by atoms with van der Waals surface area (Å²) >= 11 is 0. The van der Waals surface area contributed by atoms with Gasteiger partial charge in [0.25, 0.3) is 0 Å². The number of nitrogens with zero attached hydrogens (tertiary/aromatic N) is 1. The number of likely N-dealkylation sites (N-methyl/N-ethyl adjacent to an activating group) is 1. The molecule has 0 atom stereocenters. The molecule has 1 aliphatic heterocycles. The average molecular weight is 212 g/mol. The first-order valence-corrected chi connectivity index (χ1v) is 6.06. The molecular weight excluding hydrogens is 188 g/mol. The molecule has 88 valence electrons. The van der Waals surface area contributed by atoms with E-state index in [1.54, 1.807) is 0 Å². The van der Waals surface area contributed by atoms with E-state index in [0.717, 1.165) is 25.9 Å². The molecule has 1 N–H and O–H groups in total. The molecule has 0 aromatic heterocycles. The largest absolute Gasteiger partial charge is 0.341 e. The minimum atomic E-state index is -0.417. The van der Waals surface area contributed by atoms with Crippen LogP contribution in [0.1, 0.15) is 46.0 Å². The number of rotatable bonds is 2. The van der Waals surface area contributed by atoms with Crippen LogP contribution in [0, 0.1) is 0 Å². The predicted molar refractivity (Wildman–Crippen MR) is 62.8 cm³/mol. The second-order valence-corrected chi connectivity index (χ2v) is 4.93. The SMILES string of the molecule is CNC(C)(C)C(=O)N1CCCCCCC1. The molecule has 1 rings (SSSR count). The smallest absolute Gasteiger partial charge is 0.242 e. The average Bonchev–Trinajstić information content (AvgIpc) is 2.16. The number of hydrogen-bond acceptors (Lipinski definition) is 2. The van der Waals surface area contributed by atoms with Crippen LogP contribution in [0.4, 0.5) is 0 Å². The lowest BCUT2D eigenvalue weighted by Crippen LogP contribution is -2.53. The summed E-state index contributed by atoms with van der Waals surface area (Å²) in [4.78, 5) is 14.2. The molecule has 1 heterocycles. The number of carbonyl (C=O) groups is 1. The molecule has 0 spiro atoms. The van der Waals surface area contributed by atoms with Crippen LogP contribution < -0.4 is 5.32 Å². The van der Waals surface area contributed by atoms with Crippen molar-refractivity contribution in [3.8, 4) is 0 Å². The van der Waals surface area contributed by atoms with Gasteiger partial charge in [-0.1, -0.05) is 19.3 Å². The molecule has 3 nitrogen and oxygen atoms in total. The third kappa shape index (κ3) is 3.49. The second kappa shape index (κ2) is 5.50. The zero-order valence-corrected chi connectivity index (χ0v) is 10.3. The van der Waals surface area contributed by atoms with E-state index in [-0.39, 0.29) is 5.91 Å². The summed E-state index contributed by atoms with van der Waals surface area (Å²) in [7, 11) is 1.85. The maximum absolute atomic E-state index is 12.2. The molecule has 0 aromatic rings. The maximum atomic E-state index is 12.2. The molecule has 0 radical (unpaired) electrons. The van der Waals surface area contributed by atoms with Gasteiger partial charge in [0, 0.05) is 13.1 Å². The zero-order valence-electron chi connectivity index (χ0n) is 10.3. The van der Waals surface area contributed by atoms with Crippen molar-refractivity contribution in [2.45, 2.75) is 51.5 Å². The minimum absolute atomic E-state index is 0.243. The van der Waals surface area contributed by atoms with Crippen molar-refractivity contribution in [1.29, 1.82) is 0 Å². The summed E-state index contributed by atoms with van der Waals surface area (Å²) in [6.07, 6.45) is 6.18. The molecule has 0 bridgehead atoms. The summed E-state index contributed by atoms with van der Waals surface area (Å²) in [5, 5.41) is 3.08. The fraction of sp³-hybridized carbons (Fsp3) is 0.917. The fourth-order valence-electron chi connectivity index (χ4n) is 1.95. The minimum Gasteiger partial charge on any atom is -0.341 e. The van der Waals surface area contributed by atoms with Crippen molar-refractivity contribution >= 4 is 5.91 Å². The Morgan fingerprint density at radius 2 is 1.53 bits per heavy atom. The van der Waals surface area contributed by atoms with Crippen molar-refractivity contribution < 1.29 is 4.79 Å². The van der Waals surface area contributed by atoms with E-state index in [1.165, 1.54) is 19.3 Å². The summed E-state index contributed by atoms with van der Waals surface area (Å²) in [5.74, 6) is 0.243. The van der Waals surface area contributed by atoms with Gasteiger partial charge in [0.05, 0.1) is 5.54 Å². The Morgan fingerprint density at radius 1 is 1.07 bits per heavy atom. The molecule has 1 aliphatic rings. The third-order valence-electron chi connectivity index (χ3n) is 3.30. The van der Waals surface area contributed by atoms with Gasteiger partial charge >= 0.3 is 0 Å². The summed E-state index contributed by atoms with van der Waals surface area (Å²) in [6.45, 7) is 5.77. The lowest BCUT2D eigenvalue weighted by atomic mass is 10.0. The Morgan fingerprint density at radius 3 is 2.00 bits per heavy atom. The summed E-state index contributed by atoms with van der Waals surface area (Å²) in [5.41, 5.74) is -0.417. The molecule has 3 heteroatoms. The zero-order chi connectivity index (χ0) is 11.3. The van der Waals surface area contributed by atoms with Crippen molar-refractivity contribution in [2.75, 3.05) is 20.1 Å². The molecule has 1 amide bonds. The van der Waals surface area contributed by atoms with E-state index >= 15 is 0 Å². The number of amides is 1. The van der Waals surface area contributed by atoms with Crippen LogP contribution in [0.2, 0.25) is 0 Å². The van der Waals surface area contributed by atoms with Crippen LogP contribution in [0.3, 0.4) is 0 Å². The van der Waals surface area contributed by atoms with Crippen LogP contribution in [0.25, 0.3) is 0 Å². The van der Waals surface area contributed by atoms with Crippen molar-refractivity contribution in [2.24, 2.45) is 0 Å². The summed E-state index contributed by atoms with van der Waals surface area (Å²) in [6, 6.07) is 0. The highest BCUT2D eigenvalue weighted by molar-refractivity contribution is 5.85. The molecule has 0 saturated carbocycles. The Kier molecular flexibility index (Phi) is 4.58. The van der Waals surface area contributed by atoms with Gasteiger partial charge in [-0.3, -0.25) is 4.79 Å². The molecule has 0 aromatic carbocycles. The van der Waals surface area contributed by atoms with Crippen molar-refractivity contribution in [3.63, 3.8) is 0 Å². The van der Waals surface area contributed by atoms with Crippen LogP contribution in [0.5, 0.6) is 0 Å². The summed E-state index contributed by atoms with van der Waals surface area (Å²) < 4.78 is 0. The first-order valence-electron chi connectivity index (χ1n) is 6.06. The standard InChI is InChI=1S/C12H24N2O/c1-12(2,13-3)11(15)14-9-7-5-4-6-8-10-14/h13H,4-10H2,1-3H3. The van der Waals surface area contributed by atoms with Gasteiger partial charge in [-0.25, -0.2) is 0 Å². The quantitative estimate of drug-likeness (QED) is 0.756. The third-order valence-corrected chi connectivity index (χ3v) is 3.30. The molecular formula is C12H24N2O. The molecule has 0 aliphatic carbocycles. The van der Waals surface area contributed by atoms with Crippen LogP contribution in [-0.4, -0.2) is 36.5 Å². The Hall–Kier alpha value is -0.570. The fourth-order valence-corrected chi connectivity index (χ4v) is 1.95. The molecule has 0 unspecified atom stereocenters. The topological polar surface area (TPSA) is 32.3 Å². The van der Waals surface area contributed by atoms with Gasteiger partial charge < -0.3 is 10.2 Å². The van der Waals surface area contributed by atoms with E-state index in [0.29, 0.717) is 0 Å². The first-order chi connectivity index (χ1) is 7.08. The predicted octanol–water partition coefficient (Wildman–Crippen LogP) is 1.78. The van der Waals surface area contributed by atoms with Crippen molar-refractivity contribution in [3.05, 3.63) is 0 Å². The molecule has 1 saturated heterocycles. The van der Waals surface area contributed by atoms with E-state index < -0.39 is 5.54 Å². The van der Waals surface area contributed by atoms with Gasteiger partial charge in [-0.2, -0.15) is 0 Å². The number of nitrogens with one attached hydrogen (secondary N) is 1. The second-order valence-electron chi connectivity index (χ2n) is 4.93. The number of likely N-dealkylation sites (tertiary alicyclic amines) is 1. The van der Waals surface area contributed by atoms with E-state index in [2.05, 4.69) is 5.32 Å². The monoisotopic (exact) mass is 212 g/mol. The Labute approximate surface area is 93.2 Å². The number of hydrogen-bond donors (Lipinski definition) is 1. The maximum Gasteiger partial charge on any atom is 0.242 e. The van der Waals surface area contributed by atoms with Crippen LogP contribution in [0.15, 0.2) is 0 Å². The van der Waals surface area contributed by atoms with Gasteiger partial charge in [0.1, 0.15) is 0 Å². The molecule has 1 fully saturated rings. The molecule has 15 heavy (non-hydrogen) atoms. The normalized spacial score (nSPS) is 19.5. The highest BCUT2D eigenvalue weighted by Gasteiger charge is 2.29. The van der Waals surface area contributed by atoms with Crippen LogP contribution >= 0.6 is 0 Å². The highest BCUT2D eigenvalue weighted by atomic mass is 16.2. The lowest BCUT2D eigenvalue weighted by molar-refractivity contribution is -0.137. The Balaban J connectivity index is 2.56. The van der Waals surface area contributed by atoms with Gasteiger partial charge in [-0.05, 0) is 33.7 Å². The van der Waals surface area contributed by atoms with Crippen LogP contribution in [-0.2, 0) is 4.79 Å².